The van der Waals surface area contributed by atoms with Crippen molar-refractivity contribution in [3.63, 3.8) is 0 Å². The summed E-state index contributed by atoms with van der Waals surface area (Å²) >= 11 is 0. The number of carbonyl (C=O) groups excluding carboxylic acids is 1. The Labute approximate surface area is 169 Å². The fourth-order valence-electron chi connectivity index (χ4n) is 3.45. The Kier molecular flexibility index (Phi) is 4.72. The largest absolute Gasteiger partial charge is 0.378 e. The monoisotopic (exact) mass is 405 g/mol. The average Bonchev–Trinajstić information content (AvgIpc) is 2.70. The maximum Gasteiger partial charge on any atom is 0.339 e. The molecule has 5 nitrogen and oxygen atoms in total. The van der Waals surface area contributed by atoms with Gasteiger partial charge < -0.3 is 9.50 Å². The Morgan fingerprint density at radius 2 is 1.41 bits per heavy atom. The molecule has 0 aliphatic heterocycles. The molecule has 1 amide bonds. The highest BCUT2D eigenvalue weighted by molar-refractivity contribution is 7.87. The minimum absolute atomic E-state index is 0.119. The second-order valence-electron chi connectivity index (χ2n) is 6.80. The minimum Gasteiger partial charge on any atom is -0.378 e. The number of aryl methyl sites for hydroxylation is 1. The molecule has 4 aromatic rings. The molecule has 0 spiro atoms. The van der Waals surface area contributed by atoms with Crippen LogP contribution in [-0.2, 0) is 14.9 Å². The van der Waals surface area contributed by atoms with Gasteiger partial charge in [-0.1, -0.05) is 54.6 Å². The van der Waals surface area contributed by atoms with Crippen molar-refractivity contribution in [3.05, 3.63) is 78.4 Å². The van der Waals surface area contributed by atoms with Crippen LogP contribution in [0.25, 0.3) is 21.5 Å². The van der Waals surface area contributed by atoms with Gasteiger partial charge in [-0.2, -0.15) is 8.42 Å². The lowest BCUT2D eigenvalue weighted by atomic mass is 10.1. The molecule has 0 saturated carbocycles. The van der Waals surface area contributed by atoms with Crippen LogP contribution in [0.5, 0.6) is 5.75 Å². The molecule has 0 bridgehead atoms. The van der Waals surface area contributed by atoms with Crippen LogP contribution >= 0.6 is 0 Å². The number of rotatable bonds is 4. The van der Waals surface area contributed by atoms with Crippen LogP contribution in [-0.4, -0.2) is 14.3 Å². The molecule has 0 saturated heterocycles. The molecule has 0 fully saturated rings. The number of fused-ring (bicyclic) bond motifs is 2. The van der Waals surface area contributed by atoms with E-state index < -0.39 is 10.1 Å². The Morgan fingerprint density at radius 1 is 0.793 bits per heavy atom. The van der Waals surface area contributed by atoms with Gasteiger partial charge in [0, 0.05) is 28.8 Å². The lowest BCUT2D eigenvalue weighted by Gasteiger charge is -2.14. The van der Waals surface area contributed by atoms with Gasteiger partial charge in [0.15, 0.2) is 5.75 Å². The second kappa shape index (κ2) is 7.22. The van der Waals surface area contributed by atoms with Gasteiger partial charge in [0.2, 0.25) is 5.91 Å². The lowest BCUT2D eigenvalue weighted by Crippen LogP contribution is -2.11. The van der Waals surface area contributed by atoms with Crippen molar-refractivity contribution in [2.45, 2.75) is 18.7 Å². The predicted octanol–water partition coefficient (Wildman–Crippen LogP) is 5.03. The molecule has 0 heterocycles. The Morgan fingerprint density at radius 3 is 2.10 bits per heavy atom. The summed E-state index contributed by atoms with van der Waals surface area (Å²) in [5.74, 6) is 0.00178. The number of hydrogen-bond acceptors (Lipinski definition) is 4. The SMILES string of the molecule is CC(=O)Nc1ccc(OS(=O)(=O)c2ccc(C)c3ccccc23)c2ccccc12. The first kappa shape index (κ1) is 19.0. The van der Waals surface area contributed by atoms with Crippen molar-refractivity contribution in [2.75, 3.05) is 5.32 Å². The van der Waals surface area contributed by atoms with Gasteiger partial charge in [-0.15, -0.1) is 0 Å². The molecular weight excluding hydrogens is 386 g/mol. The van der Waals surface area contributed by atoms with Crippen LogP contribution in [0.15, 0.2) is 77.7 Å². The molecule has 4 rings (SSSR count). The van der Waals surface area contributed by atoms with Crippen LogP contribution in [0.2, 0.25) is 0 Å². The fourth-order valence-corrected chi connectivity index (χ4v) is 4.60. The van der Waals surface area contributed by atoms with Crippen molar-refractivity contribution in [2.24, 2.45) is 0 Å². The molecule has 0 aliphatic rings. The summed E-state index contributed by atoms with van der Waals surface area (Å²) in [5, 5.41) is 5.53. The predicted molar refractivity (Wildman–Crippen MR) is 115 cm³/mol. The Balaban J connectivity index is 1.83. The van der Waals surface area contributed by atoms with Gasteiger partial charge in [0.05, 0.1) is 0 Å². The van der Waals surface area contributed by atoms with Crippen molar-refractivity contribution >= 4 is 43.3 Å². The summed E-state index contributed by atoms with van der Waals surface area (Å²) in [5.41, 5.74) is 1.59. The molecular formula is C23H19NO4S. The van der Waals surface area contributed by atoms with Crippen molar-refractivity contribution in [1.82, 2.24) is 0 Å². The van der Waals surface area contributed by atoms with E-state index in [4.69, 9.17) is 4.18 Å². The standard InChI is InChI=1S/C23H19NO4S/c1-15-11-14-23(20-10-6-3-7-17(15)20)29(26,27)28-22-13-12-21(24-16(2)25)18-8-4-5-9-19(18)22/h3-14H,1-2H3,(H,24,25). The maximum absolute atomic E-state index is 13.1. The molecule has 6 heteroatoms. The summed E-state index contributed by atoms with van der Waals surface area (Å²) < 4.78 is 31.9. The average molecular weight is 405 g/mol. The van der Waals surface area contributed by atoms with Gasteiger partial charge in [-0.3, -0.25) is 4.79 Å². The van der Waals surface area contributed by atoms with Gasteiger partial charge in [-0.25, -0.2) is 0 Å². The lowest BCUT2D eigenvalue weighted by molar-refractivity contribution is -0.114. The number of carbonyl (C=O) groups is 1. The van der Waals surface area contributed by atoms with Crippen molar-refractivity contribution in [1.29, 1.82) is 0 Å². The number of nitrogens with one attached hydrogen (secondary N) is 1. The summed E-state index contributed by atoms with van der Waals surface area (Å²) in [6.45, 7) is 3.36. The summed E-state index contributed by atoms with van der Waals surface area (Å²) in [4.78, 5) is 11.6. The summed E-state index contributed by atoms with van der Waals surface area (Å²) in [6.07, 6.45) is 0. The van der Waals surface area contributed by atoms with E-state index >= 15 is 0 Å². The molecule has 29 heavy (non-hydrogen) atoms. The van der Waals surface area contributed by atoms with E-state index in [-0.39, 0.29) is 16.6 Å². The minimum atomic E-state index is -4.07. The first-order valence-corrected chi connectivity index (χ1v) is 10.5. The van der Waals surface area contributed by atoms with Crippen molar-refractivity contribution in [3.8, 4) is 5.75 Å². The van der Waals surface area contributed by atoms with Gasteiger partial charge in [0.25, 0.3) is 0 Å². The fraction of sp³-hybridized carbons (Fsp3) is 0.0870. The van der Waals surface area contributed by atoms with Crippen molar-refractivity contribution < 1.29 is 17.4 Å². The van der Waals surface area contributed by atoms with Gasteiger partial charge in [-0.05, 0) is 36.1 Å². The normalized spacial score (nSPS) is 11.5. The van der Waals surface area contributed by atoms with E-state index in [9.17, 15) is 13.2 Å². The molecule has 0 radical (unpaired) electrons. The highest BCUT2D eigenvalue weighted by Crippen LogP contribution is 2.34. The zero-order valence-corrected chi connectivity index (χ0v) is 16.8. The smallest absolute Gasteiger partial charge is 0.339 e. The highest BCUT2D eigenvalue weighted by atomic mass is 32.2. The van der Waals surface area contributed by atoms with Crippen LogP contribution < -0.4 is 9.50 Å². The van der Waals surface area contributed by atoms with E-state index in [2.05, 4.69) is 5.32 Å². The van der Waals surface area contributed by atoms with Gasteiger partial charge in [0.1, 0.15) is 4.90 Å². The molecule has 0 aromatic heterocycles. The van der Waals surface area contributed by atoms with Crippen LogP contribution in [0.4, 0.5) is 5.69 Å². The van der Waals surface area contributed by atoms with Crippen LogP contribution in [0.1, 0.15) is 12.5 Å². The zero-order valence-electron chi connectivity index (χ0n) is 16.0. The molecule has 0 unspecified atom stereocenters. The molecule has 0 atom stereocenters. The highest BCUT2D eigenvalue weighted by Gasteiger charge is 2.22. The van der Waals surface area contributed by atoms with E-state index in [1.165, 1.54) is 6.92 Å². The third-order valence-electron chi connectivity index (χ3n) is 4.77. The zero-order chi connectivity index (χ0) is 20.6. The topological polar surface area (TPSA) is 72.5 Å². The maximum atomic E-state index is 13.1. The quantitative estimate of drug-likeness (QED) is 0.484. The first-order chi connectivity index (χ1) is 13.9. The van der Waals surface area contributed by atoms with E-state index in [0.717, 1.165) is 10.9 Å². The van der Waals surface area contributed by atoms with Crippen LogP contribution in [0, 0.1) is 6.92 Å². The number of anilines is 1. The third-order valence-corrected chi connectivity index (χ3v) is 6.06. The third kappa shape index (κ3) is 3.54. The first-order valence-electron chi connectivity index (χ1n) is 9.09. The van der Waals surface area contributed by atoms with Gasteiger partial charge >= 0.3 is 10.1 Å². The molecule has 0 aliphatic carbocycles. The number of amides is 1. The number of hydrogen-bond donors (Lipinski definition) is 1. The van der Waals surface area contributed by atoms with E-state index in [1.807, 2.05) is 25.1 Å². The summed E-state index contributed by atoms with van der Waals surface area (Å²) in [7, 11) is -4.07. The Bertz CT molecular complexity index is 1360. The van der Waals surface area contributed by atoms with E-state index in [0.29, 0.717) is 21.8 Å². The van der Waals surface area contributed by atoms with Crippen LogP contribution in [0.3, 0.4) is 0 Å². The Hall–Kier alpha value is -3.38. The molecule has 146 valence electrons. The molecule has 1 N–H and O–H groups in total. The van der Waals surface area contributed by atoms with E-state index in [1.54, 1.807) is 54.6 Å². The summed E-state index contributed by atoms with van der Waals surface area (Å²) in [6, 6.07) is 21.1. The molecule has 4 aromatic carbocycles. The number of benzene rings is 4. The second-order valence-corrected chi connectivity index (χ2v) is 8.32.